The number of rotatable bonds is 6. The number of Topliss-reactive ketones (excluding diaryl/α,β-unsaturated/α-hetero) is 1. The first-order chi connectivity index (χ1) is 17.8. The third-order valence-corrected chi connectivity index (χ3v) is 6.42. The summed E-state index contributed by atoms with van der Waals surface area (Å²) in [6.45, 7) is 11.5. The van der Waals surface area contributed by atoms with Crippen LogP contribution >= 0.6 is 0 Å². The Kier molecular flexibility index (Phi) is 16.3. The van der Waals surface area contributed by atoms with Gasteiger partial charge in [-0.05, 0) is 80.2 Å². The van der Waals surface area contributed by atoms with E-state index in [4.69, 9.17) is 0 Å². The van der Waals surface area contributed by atoms with Crippen molar-refractivity contribution in [2.24, 2.45) is 10.9 Å². The van der Waals surface area contributed by atoms with E-state index in [1.54, 1.807) is 13.8 Å². The minimum atomic E-state index is -0.872. The molecule has 1 saturated carbocycles. The van der Waals surface area contributed by atoms with Gasteiger partial charge in [-0.2, -0.15) is 0 Å². The van der Waals surface area contributed by atoms with Crippen molar-refractivity contribution in [3.63, 3.8) is 0 Å². The number of nitrogens with zero attached hydrogens (tertiary/aromatic N) is 1. The summed E-state index contributed by atoms with van der Waals surface area (Å²) in [5, 5.41) is 0. The minimum absolute atomic E-state index is 0.379. The Bertz CT molecular complexity index is 999. The van der Waals surface area contributed by atoms with E-state index in [0.29, 0.717) is 23.0 Å². The highest BCUT2D eigenvalue weighted by atomic mass is 19.2. The van der Waals surface area contributed by atoms with Crippen molar-refractivity contribution in [1.29, 1.82) is 0 Å². The van der Waals surface area contributed by atoms with E-state index >= 15 is 0 Å². The van der Waals surface area contributed by atoms with Crippen molar-refractivity contribution in [2.75, 3.05) is 0 Å². The largest absolute Gasteiger partial charge is 0.300 e. The Labute approximate surface area is 224 Å². The normalized spacial score (nSPS) is 16.5. The number of aliphatic imine (C=N–C) groups is 1. The molecule has 4 heteroatoms. The van der Waals surface area contributed by atoms with Crippen LogP contribution in [-0.2, 0) is 4.79 Å². The SMILES string of the molecule is CC.CC(=O)CC1CCCCCCCC1.CCCC(=Nc1cc(F)c(F)cc1C)C1=CC=C=CC(C)=C1. The standard InChI is InChI=1S/C19H19F2N.C12H22O.C2H6/c1-4-7-18(15-9-6-5-8-13(2)10-15)22-19-12-17(21)16(20)11-14(19)3;1-11(13)10-12-8-6-4-2-3-5-7-9-12;1-2/h6,8-12H,4,7H2,1-3H3;12H,2-10H2,1H3;1-2H3. The fourth-order valence-electron chi connectivity index (χ4n) is 4.56. The molecule has 0 atom stereocenters. The maximum atomic E-state index is 13.5. The number of aryl methyl sites for hydroxylation is 1. The highest BCUT2D eigenvalue weighted by Crippen LogP contribution is 2.26. The number of hydrogen-bond donors (Lipinski definition) is 0. The molecule has 204 valence electrons. The highest BCUT2D eigenvalue weighted by molar-refractivity contribution is 6.04. The molecule has 0 saturated heterocycles. The molecule has 0 aromatic heterocycles. The van der Waals surface area contributed by atoms with Crippen molar-refractivity contribution >= 4 is 17.2 Å². The lowest BCUT2D eigenvalue weighted by Gasteiger charge is -2.13. The van der Waals surface area contributed by atoms with Gasteiger partial charge in [0.1, 0.15) is 5.78 Å². The van der Waals surface area contributed by atoms with E-state index in [-0.39, 0.29) is 0 Å². The molecule has 1 fully saturated rings. The highest BCUT2D eigenvalue weighted by Gasteiger charge is 2.12. The second-order valence-corrected chi connectivity index (χ2v) is 9.82. The first kappa shape index (κ1) is 32.4. The van der Waals surface area contributed by atoms with Gasteiger partial charge in [0.15, 0.2) is 11.6 Å². The molecule has 3 rings (SSSR count). The maximum absolute atomic E-state index is 13.5. The van der Waals surface area contributed by atoms with Gasteiger partial charge in [-0.15, -0.1) is 5.73 Å². The molecular formula is C33H47F2NO. The molecule has 2 nitrogen and oxygen atoms in total. The van der Waals surface area contributed by atoms with Crippen LogP contribution in [0, 0.1) is 24.5 Å². The van der Waals surface area contributed by atoms with Crippen LogP contribution in [0.5, 0.6) is 0 Å². The maximum Gasteiger partial charge on any atom is 0.160 e. The summed E-state index contributed by atoms with van der Waals surface area (Å²) >= 11 is 0. The van der Waals surface area contributed by atoms with Crippen LogP contribution in [0.1, 0.15) is 111 Å². The molecule has 0 spiro atoms. The lowest BCUT2D eigenvalue weighted by molar-refractivity contribution is -0.118. The fraction of sp³-hybridized carbons (Fsp3) is 0.545. The summed E-state index contributed by atoms with van der Waals surface area (Å²) in [5.74, 6) is -0.631. The summed E-state index contributed by atoms with van der Waals surface area (Å²) in [5.41, 5.74) is 7.06. The molecule has 0 aliphatic heterocycles. The summed E-state index contributed by atoms with van der Waals surface area (Å²) < 4.78 is 26.7. The Morgan fingerprint density at radius 1 is 1.00 bits per heavy atom. The van der Waals surface area contributed by atoms with E-state index in [0.717, 1.165) is 42.2 Å². The third-order valence-electron chi connectivity index (χ3n) is 6.42. The number of allylic oxidation sites excluding steroid dienone is 5. The zero-order valence-corrected chi connectivity index (χ0v) is 23.9. The number of halogens is 2. The molecule has 0 heterocycles. The van der Waals surface area contributed by atoms with E-state index in [9.17, 15) is 13.6 Å². The van der Waals surface area contributed by atoms with Crippen LogP contribution in [-0.4, -0.2) is 11.5 Å². The average Bonchev–Trinajstić information content (AvgIpc) is 2.99. The van der Waals surface area contributed by atoms with Crippen molar-refractivity contribution in [2.45, 2.75) is 112 Å². The molecule has 0 bridgehead atoms. The second kappa shape index (κ2) is 18.6. The van der Waals surface area contributed by atoms with Crippen LogP contribution in [0.4, 0.5) is 14.5 Å². The lowest BCUT2D eigenvalue weighted by Crippen LogP contribution is -2.05. The number of ketones is 1. The van der Waals surface area contributed by atoms with E-state index in [1.165, 1.54) is 57.4 Å². The topological polar surface area (TPSA) is 29.4 Å². The van der Waals surface area contributed by atoms with E-state index < -0.39 is 11.6 Å². The molecule has 2 aliphatic carbocycles. The van der Waals surface area contributed by atoms with Gasteiger partial charge in [0, 0.05) is 18.2 Å². The monoisotopic (exact) mass is 511 g/mol. The van der Waals surface area contributed by atoms with Crippen LogP contribution in [0.3, 0.4) is 0 Å². The van der Waals surface area contributed by atoms with Crippen molar-refractivity contribution in [3.8, 4) is 0 Å². The van der Waals surface area contributed by atoms with Crippen LogP contribution in [0.15, 0.2) is 58.3 Å². The molecule has 1 aromatic rings. The number of carbonyl (C=O) groups excluding carboxylic acids is 1. The van der Waals surface area contributed by atoms with Crippen molar-refractivity contribution < 1.29 is 13.6 Å². The van der Waals surface area contributed by atoms with Gasteiger partial charge in [0.25, 0.3) is 0 Å². The average molecular weight is 512 g/mol. The molecule has 0 amide bonds. The molecule has 37 heavy (non-hydrogen) atoms. The Balaban J connectivity index is 0.000000389. The number of benzene rings is 1. The molecule has 0 unspecified atom stereocenters. The fourth-order valence-corrected chi connectivity index (χ4v) is 4.56. The first-order valence-electron chi connectivity index (χ1n) is 14.1. The second-order valence-electron chi connectivity index (χ2n) is 9.82. The smallest absolute Gasteiger partial charge is 0.160 e. The zero-order valence-electron chi connectivity index (χ0n) is 23.9. The van der Waals surface area contributed by atoms with Crippen LogP contribution in [0.2, 0.25) is 0 Å². The Hall–Kier alpha value is -2.58. The van der Waals surface area contributed by atoms with Gasteiger partial charge in [-0.3, -0.25) is 4.99 Å². The summed E-state index contributed by atoms with van der Waals surface area (Å²) in [6, 6.07) is 2.34. The summed E-state index contributed by atoms with van der Waals surface area (Å²) in [6.07, 6.45) is 21.1. The molecule has 1 aromatic carbocycles. The van der Waals surface area contributed by atoms with Crippen LogP contribution in [0.25, 0.3) is 0 Å². The Morgan fingerprint density at radius 2 is 1.59 bits per heavy atom. The molecular weight excluding hydrogens is 464 g/mol. The van der Waals surface area contributed by atoms with Gasteiger partial charge in [-0.25, -0.2) is 8.78 Å². The predicted molar refractivity (Wildman–Crippen MR) is 155 cm³/mol. The van der Waals surface area contributed by atoms with Gasteiger partial charge in [0.05, 0.1) is 5.69 Å². The Morgan fingerprint density at radius 3 is 2.19 bits per heavy atom. The number of hydrogen-bond acceptors (Lipinski definition) is 2. The molecule has 0 radical (unpaired) electrons. The van der Waals surface area contributed by atoms with Gasteiger partial charge in [-0.1, -0.05) is 78.6 Å². The van der Waals surface area contributed by atoms with Gasteiger partial charge in [0.2, 0.25) is 0 Å². The van der Waals surface area contributed by atoms with Crippen LogP contribution < -0.4 is 0 Å². The van der Waals surface area contributed by atoms with Crippen molar-refractivity contribution in [1.82, 2.24) is 0 Å². The van der Waals surface area contributed by atoms with Crippen molar-refractivity contribution in [3.05, 3.63) is 70.5 Å². The molecule has 2 aliphatic rings. The lowest BCUT2D eigenvalue weighted by atomic mass is 9.92. The quantitative estimate of drug-likeness (QED) is 0.276. The van der Waals surface area contributed by atoms with E-state index in [2.05, 4.69) is 17.6 Å². The summed E-state index contributed by atoms with van der Waals surface area (Å²) in [7, 11) is 0. The van der Waals surface area contributed by atoms with E-state index in [1.807, 2.05) is 45.1 Å². The first-order valence-corrected chi connectivity index (χ1v) is 14.1. The molecule has 0 N–H and O–H groups in total. The number of carbonyl (C=O) groups is 1. The summed E-state index contributed by atoms with van der Waals surface area (Å²) in [4.78, 5) is 15.6. The predicted octanol–water partition coefficient (Wildman–Crippen LogP) is 10.5. The zero-order chi connectivity index (χ0) is 27.6. The van der Waals surface area contributed by atoms with Gasteiger partial charge < -0.3 is 4.79 Å². The van der Waals surface area contributed by atoms with Gasteiger partial charge >= 0.3 is 0 Å². The minimum Gasteiger partial charge on any atom is -0.300 e. The third kappa shape index (κ3) is 13.0.